The first-order chi connectivity index (χ1) is 17.0. The summed E-state index contributed by atoms with van der Waals surface area (Å²) in [4.78, 5) is 33.5. The van der Waals surface area contributed by atoms with E-state index < -0.39 is 29.8 Å². The van der Waals surface area contributed by atoms with Crippen LogP contribution in [0.5, 0.6) is 5.75 Å². The third kappa shape index (κ3) is 3.93. The molecule has 14 heteroatoms. The molecule has 1 aromatic carbocycles. The molecule has 0 aliphatic heterocycles. The van der Waals surface area contributed by atoms with Crippen molar-refractivity contribution in [2.24, 2.45) is 0 Å². The number of nitrogens with one attached hydrogen (secondary N) is 1. The average molecular weight is 540 g/mol. The molecular formula is C22H14ClF4N5O3S. The third-order valence-electron chi connectivity index (χ3n) is 5.53. The second-order valence-electron chi connectivity index (χ2n) is 7.80. The number of hydrogen-bond acceptors (Lipinski definition) is 6. The number of aromatic amines is 1. The molecule has 0 fully saturated rings. The summed E-state index contributed by atoms with van der Waals surface area (Å²) in [6, 6.07) is 3.98. The van der Waals surface area contributed by atoms with Crippen molar-refractivity contribution in [2.75, 3.05) is 7.11 Å². The molecule has 186 valence electrons. The van der Waals surface area contributed by atoms with E-state index in [1.165, 1.54) is 38.6 Å². The fourth-order valence-corrected chi connectivity index (χ4v) is 5.33. The van der Waals surface area contributed by atoms with Gasteiger partial charge in [-0.1, -0.05) is 11.6 Å². The molecule has 0 spiro atoms. The molecule has 0 amide bonds. The second-order valence-corrected chi connectivity index (χ2v) is 9.26. The van der Waals surface area contributed by atoms with Gasteiger partial charge in [0.2, 0.25) is 0 Å². The molecule has 0 atom stereocenters. The van der Waals surface area contributed by atoms with Gasteiger partial charge in [-0.2, -0.15) is 18.3 Å². The van der Waals surface area contributed by atoms with E-state index in [1.54, 1.807) is 0 Å². The fourth-order valence-electron chi connectivity index (χ4n) is 3.95. The van der Waals surface area contributed by atoms with Crippen molar-refractivity contribution in [3.8, 4) is 21.9 Å². The first kappa shape index (κ1) is 24.0. The van der Waals surface area contributed by atoms with Crippen molar-refractivity contribution < 1.29 is 22.3 Å². The highest BCUT2D eigenvalue weighted by Gasteiger charge is 2.30. The molecule has 5 rings (SSSR count). The molecule has 5 aromatic rings. The summed E-state index contributed by atoms with van der Waals surface area (Å²) in [7, 11) is 1.30. The van der Waals surface area contributed by atoms with Crippen LogP contribution in [0.4, 0.5) is 17.6 Å². The van der Waals surface area contributed by atoms with E-state index in [0.29, 0.717) is 10.4 Å². The number of alkyl halides is 3. The molecule has 0 aliphatic rings. The molecule has 4 aromatic heterocycles. The van der Waals surface area contributed by atoms with Crippen LogP contribution in [0.25, 0.3) is 37.2 Å². The number of hydrogen-bond donors (Lipinski definition) is 1. The Hall–Kier alpha value is -3.71. The fraction of sp³-hybridized carbons (Fsp3) is 0.182. The molecule has 0 aliphatic carbocycles. The third-order valence-corrected chi connectivity index (χ3v) is 7.00. The van der Waals surface area contributed by atoms with Crippen LogP contribution in [0.15, 0.2) is 40.2 Å². The van der Waals surface area contributed by atoms with Crippen LogP contribution in [-0.4, -0.2) is 37.6 Å². The minimum atomic E-state index is -4.52. The maximum absolute atomic E-state index is 14.0. The Kier molecular flexibility index (Phi) is 5.63. The number of halogens is 5. The van der Waals surface area contributed by atoms with Gasteiger partial charge >= 0.3 is 11.9 Å². The minimum Gasteiger partial charge on any atom is -0.494 e. The lowest BCUT2D eigenvalue weighted by Gasteiger charge is -2.09. The largest absolute Gasteiger partial charge is 0.494 e. The number of aryl methyl sites for hydroxylation is 1. The monoisotopic (exact) mass is 539 g/mol. The molecule has 0 saturated heterocycles. The van der Waals surface area contributed by atoms with Gasteiger partial charge in [-0.3, -0.25) is 14.5 Å². The number of benzene rings is 1. The summed E-state index contributed by atoms with van der Waals surface area (Å²) < 4.78 is 59.7. The van der Waals surface area contributed by atoms with Crippen molar-refractivity contribution in [3.63, 3.8) is 0 Å². The van der Waals surface area contributed by atoms with E-state index >= 15 is 0 Å². The number of ether oxygens (including phenoxy) is 1. The molecule has 8 nitrogen and oxygen atoms in total. The molecule has 1 N–H and O–H groups in total. The minimum absolute atomic E-state index is 0.0111. The van der Waals surface area contributed by atoms with E-state index in [9.17, 15) is 27.2 Å². The predicted molar refractivity (Wildman–Crippen MR) is 127 cm³/mol. The van der Waals surface area contributed by atoms with Crippen LogP contribution in [0.3, 0.4) is 0 Å². The second kappa shape index (κ2) is 8.45. The van der Waals surface area contributed by atoms with E-state index in [-0.39, 0.29) is 43.3 Å². The van der Waals surface area contributed by atoms with E-state index in [2.05, 4.69) is 15.1 Å². The lowest BCUT2D eigenvalue weighted by Crippen LogP contribution is -2.33. The molecular weight excluding hydrogens is 526 g/mol. The van der Waals surface area contributed by atoms with Crippen molar-refractivity contribution >= 4 is 44.1 Å². The lowest BCUT2D eigenvalue weighted by atomic mass is 10.1. The summed E-state index contributed by atoms with van der Waals surface area (Å²) in [5.74, 6) is -0.716. The van der Waals surface area contributed by atoms with E-state index in [1.807, 2.05) is 0 Å². The van der Waals surface area contributed by atoms with Crippen LogP contribution in [0, 0.1) is 12.7 Å². The Bertz CT molecular complexity index is 1790. The number of aromatic nitrogens is 5. The van der Waals surface area contributed by atoms with Crippen molar-refractivity contribution in [3.05, 3.63) is 68.0 Å². The van der Waals surface area contributed by atoms with Gasteiger partial charge < -0.3 is 9.72 Å². The number of H-pyrrole nitrogens is 1. The Balaban J connectivity index is 1.73. The van der Waals surface area contributed by atoms with E-state index in [4.69, 9.17) is 16.3 Å². The maximum Gasteiger partial charge on any atom is 0.408 e. The molecule has 0 bridgehead atoms. The van der Waals surface area contributed by atoms with Gasteiger partial charge in [0.15, 0.2) is 11.6 Å². The Morgan fingerprint density at radius 3 is 2.64 bits per heavy atom. The number of rotatable bonds is 4. The Morgan fingerprint density at radius 2 is 1.94 bits per heavy atom. The van der Waals surface area contributed by atoms with Crippen molar-refractivity contribution in [1.29, 1.82) is 0 Å². The standard InChI is InChI=1S/C22H14ClF4N5O3S/c1-9-18-14(30-31(9)8-22(25,26)27)6-28-7-15(18)32-20(33)19-13(29-21(32)34)5-17(36-19)10-3-16(35-2)12(24)4-11(10)23/h3-7H,8H2,1-2H3,(H,29,34). The number of pyridine rings is 1. The van der Waals surface area contributed by atoms with Crippen molar-refractivity contribution in [1.82, 2.24) is 24.3 Å². The number of thiophene rings is 1. The average Bonchev–Trinajstić information content (AvgIpc) is 3.34. The van der Waals surface area contributed by atoms with Gasteiger partial charge in [0.25, 0.3) is 5.56 Å². The highest BCUT2D eigenvalue weighted by atomic mass is 35.5. The molecule has 0 radical (unpaired) electrons. The first-order valence-corrected chi connectivity index (χ1v) is 11.4. The zero-order chi connectivity index (χ0) is 25.9. The molecule has 36 heavy (non-hydrogen) atoms. The highest BCUT2D eigenvalue weighted by molar-refractivity contribution is 7.22. The summed E-state index contributed by atoms with van der Waals surface area (Å²) in [6.45, 7) is 0.0723. The summed E-state index contributed by atoms with van der Waals surface area (Å²) in [6.07, 6.45) is -2.05. The quantitative estimate of drug-likeness (QED) is 0.330. The lowest BCUT2D eigenvalue weighted by molar-refractivity contribution is -0.142. The summed E-state index contributed by atoms with van der Waals surface area (Å²) in [5.41, 5.74) is -0.741. The zero-order valence-electron chi connectivity index (χ0n) is 18.4. The summed E-state index contributed by atoms with van der Waals surface area (Å²) >= 11 is 7.21. The van der Waals surface area contributed by atoms with Crippen LogP contribution >= 0.6 is 22.9 Å². The van der Waals surface area contributed by atoms with Crippen LogP contribution in [0.2, 0.25) is 5.02 Å². The van der Waals surface area contributed by atoms with Crippen LogP contribution in [-0.2, 0) is 6.54 Å². The van der Waals surface area contributed by atoms with Gasteiger partial charge in [-0.05, 0) is 25.1 Å². The van der Waals surface area contributed by atoms with Gasteiger partial charge in [0.05, 0.1) is 41.1 Å². The van der Waals surface area contributed by atoms with Crippen molar-refractivity contribution in [2.45, 2.75) is 19.6 Å². The Labute approximate surface area is 207 Å². The number of methoxy groups -OCH3 is 1. The predicted octanol–water partition coefficient (Wildman–Crippen LogP) is 4.82. The van der Waals surface area contributed by atoms with Gasteiger partial charge in [-0.25, -0.2) is 13.8 Å². The molecule has 4 heterocycles. The first-order valence-electron chi connectivity index (χ1n) is 10.2. The topological polar surface area (TPSA) is 94.8 Å². The number of fused-ring (bicyclic) bond motifs is 2. The highest BCUT2D eigenvalue weighted by Crippen LogP contribution is 2.38. The van der Waals surface area contributed by atoms with Gasteiger partial charge in [-0.15, -0.1) is 11.3 Å². The zero-order valence-corrected chi connectivity index (χ0v) is 20.0. The van der Waals surface area contributed by atoms with Crippen LogP contribution in [0.1, 0.15) is 5.69 Å². The van der Waals surface area contributed by atoms with Crippen LogP contribution < -0.4 is 16.0 Å². The molecule has 0 unspecified atom stereocenters. The van der Waals surface area contributed by atoms with Gasteiger partial charge in [0.1, 0.15) is 16.8 Å². The normalized spacial score (nSPS) is 12.1. The SMILES string of the molecule is COc1cc(-c2cc3[nH]c(=O)n(-c4cncc5nn(CC(F)(F)F)c(C)c45)c(=O)c3s2)c(Cl)cc1F. The van der Waals surface area contributed by atoms with Gasteiger partial charge in [0, 0.05) is 16.1 Å². The Morgan fingerprint density at radius 1 is 1.19 bits per heavy atom. The molecule has 0 saturated carbocycles. The smallest absolute Gasteiger partial charge is 0.408 e. The number of nitrogens with zero attached hydrogens (tertiary/aromatic N) is 4. The maximum atomic E-state index is 14.0. The van der Waals surface area contributed by atoms with E-state index in [0.717, 1.165) is 26.7 Å². The summed E-state index contributed by atoms with van der Waals surface area (Å²) in [5, 5.41) is 4.19.